The highest BCUT2D eigenvalue weighted by molar-refractivity contribution is 9.10. The van der Waals surface area contributed by atoms with Crippen LogP contribution in [-0.2, 0) is 0 Å². The van der Waals surface area contributed by atoms with E-state index in [0.29, 0.717) is 10.6 Å². The number of nitrogens with one attached hydrogen (secondary N) is 1. The number of rotatable bonds is 2. The predicted molar refractivity (Wildman–Crippen MR) is 67.8 cm³/mol. The van der Waals surface area contributed by atoms with Crippen LogP contribution in [0.3, 0.4) is 0 Å². The molecule has 0 bridgehead atoms. The Kier molecular flexibility index (Phi) is 3.22. The quantitative estimate of drug-likeness (QED) is 0.661. The Hall–Kier alpha value is -0.980. The number of nitrogens with two attached hydrogens (primary N) is 1. The van der Waals surface area contributed by atoms with Crippen LogP contribution in [-0.4, -0.2) is 4.98 Å². The fourth-order valence-corrected chi connectivity index (χ4v) is 2.56. The number of anilines is 1. The maximum Gasteiger partial charge on any atom is 0.133 e. The van der Waals surface area contributed by atoms with Crippen LogP contribution in [0, 0.1) is 12.7 Å². The molecule has 0 radical (unpaired) electrons. The molecule has 1 aromatic carbocycles. The van der Waals surface area contributed by atoms with Crippen LogP contribution in [0.25, 0.3) is 10.6 Å². The van der Waals surface area contributed by atoms with Gasteiger partial charge in [-0.25, -0.2) is 15.2 Å². The molecule has 2 aromatic rings. The molecule has 0 saturated carbocycles. The maximum atomic E-state index is 13.6. The van der Waals surface area contributed by atoms with Gasteiger partial charge in [-0.15, -0.1) is 0 Å². The summed E-state index contributed by atoms with van der Waals surface area (Å²) >= 11 is 4.63. The van der Waals surface area contributed by atoms with Crippen LogP contribution in [0.5, 0.6) is 0 Å². The molecule has 0 aliphatic rings. The SMILES string of the molecule is Cc1nc(-c2cc(Br)ccc2F)sc1NN. The van der Waals surface area contributed by atoms with Gasteiger partial charge in [-0.3, -0.25) is 0 Å². The molecule has 0 saturated heterocycles. The van der Waals surface area contributed by atoms with Gasteiger partial charge in [-0.1, -0.05) is 27.3 Å². The number of hydrogen-bond donors (Lipinski definition) is 2. The van der Waals surface area contributed by atoms with Crippen molar-refractivity contribution in [2.75, 3.05) is 5.43 Å². The number of hydrazine groups is 1. The summed E-state index contributed by atoms with van der Waals surface area (Å²) in [7, 11) is 0. The lowest BCUT2D eigenvalue weighted by atomic mass is 10.2. The van der Waals surface area contributed by atoms with E-state index in [9.17, 15) is 4.39 Å². The van der Waals surface area contributed by atoms with E-state index >= 15 is 0 Å². The third kappa shape index (κ3) is 2.09. The number of nitrogens with zero attached hydrogens (tertiary/aromatic N) is 1. The van der Waals surface area contributed by atoms with E-state index in [0.717, 1.165) is 15.2 Å². The molecule has 0 fully saturated rings. The van der Waals surface area contributed by atoms with Gasteiger partial charge < -0.3 is 5.43 Å². The Morgan fingerprint density at radius 2 is 2.25 bits per heavy atom. The molecule has 0 aliphatic heterocycles. The lowest BCUT2D eigenvalue weighted by Gasteiger charge is -1.99. The first-order valence-corrected chi connectivity index (χ1v) is 6.12. The number of benzene rings is 1. The predicted octanol–water partition coefficient (Wildman–Crippen LogP) is 3.31. The van der Waals surface area contributed by atoms with Gasteiger partial charge in [0.1, 0.15) is 15.8 Å². The van der Waals surface area contributed by atoms with Gasteiger partial charge in [-0.2, -0.15) is 0 Å². The lowest BCUT2D eigenvalue weighted by Crippen LogP contribution is -2.05. The third-order valence-electron chi connectivity index (χ3n) is 2.09. The highest BCUT2D eigenvalue weighted by Gasteiger charge is 2.12. The van der Waals surface area contributed by atoms with Crippen molar-refractivity contribution in [1.29, 1.82) is 0 Å². The van der Waals surface area contributed by atoms with Gasteiger partial charge >= 0.3 is 0 Å². The van der Waals surface area contributed by atoms with Crippen LogP contribution in [0.2, 0.25) is 0 Å². The highest BCUT2D eigenvalue weighted by Crippen LogP contribution is 2.33. The van der Waals surface area contributed by atoms with Crippen molar-refractivity contribution in [2.24, 2.45) is 5.84 Å². The van der Waals surface area contributed by atoms with Gasteiger partial charge in [-0.05, 0) is 25.1 Å². The zero-order valence-electron chi connectivity index (χ0n) is 8.42. The molecule has 0 spiro atoms. The summed E-state index contributed by atoms with van der Waals surface area (Å²) in [6.07, 6.45) is 0. The van der Waals surface area contributed by atoms with E-state index in [1.807, 2.05) is 6.92 Å². The number of nitrogen functional groups attached to an aromatic ring is 1. The highest BCUT2D eigenvalue weighted by atomic mass is 79.9. The van der Waals surface area contributed by atoms with Crippen molar-refractivity contribution < 1.29 is 4.39 Å². The van der Waals surface area contributed by atoms with Crippen molar-refractivity contribution in [3.63, 3.8) is 0 Å². The average molecular weight is 302 g/mol. The second kappa shape index (κ2) is 4.48. The Balaban J connectivity index is 2.53. The lowest BCUT2D eigenvalue weighted by molar-refractivity contribution is 0.631. The second-order valence-electron chi connectivity index (χ2n) is 3.20. The number of halogens is 2. The standard InChI is InChI=1S/C10H9BrFN3S/c1-5-9(15-13)16-10(14-5)7-4-6(11)2-3-8(7)12/h2-4,15H,13H2,1H3. The zero-order chi connectivity index (χ0) is 11.7. The van der Waals surface area contributed by atoms with Crippen LogP contribution in [0.15, 0.2) is 22.7 Å². The third-order valence-corrected chi connectivity index (χ3v) is 3.70. The second-order valence-corrected chi connectivity index (χ2v) is 5.12. The topological polar surface area (TPSA) is 50.9 Å². The molecule has 0 amide bonds. The fourth-order valence-electron chi connectivity index (χ4n) is 1.31. The number of aromatic nitrogens is 1. The molecule has 16 heavy (non-hydrogen) atoms. The van der Waals surface area contributed by atoms with E-state index < -0.39 is 0 Å². The Bertz CT molecular complexity index is 527. The first-order valence-electron chi connectivity index (χ1n) is 4.51. The summed E-state index contributed by atoms with van der Waals surface area (Å²) in [5, 5.41) is 1.36. The minimum atomic E-state index is -0.291. The normalized spacial score (nSPS) is 10.5. The van der Waals surface area contributed by atoms with Gasteiger partial charge in [0.15, 0.2) is 0 Å². The molecule has 2 rings (SSSR count). The molecular weight excluding hydrogens is 293 g/mol. The zero-order valence-corrected chi connectivity index (χ0v) is 10.8. The monoisotopic (exact) mass is 301 g/mol. The van der Waals surface area contributed by atoms with Gasteiger partial charge in [0.25, 0.3) is 0 Å². The van der Waals surface area contributed by atoms with E-state index in [1.165, 1.54) is 17.4 Å². The molecule has 1 heterocycles. The molecular formula is C10H9BrFN3S. The maximum absolute atomic E-state index is 13.6. The number of aryl methyl sites for hydroxylation is 1. The summed E-state index contributed by atoms with van der Waals surface area (Å²) in [5.74, 6) is 5.04. The van der Waals surface area contributed by atoms with Crippen molar-refractivity contribution in [2.45, 2.75) is 6.92 Å². The van der Waals surface area contributed by atoms with Crippen LogP contribution >= 0.6 is 27.3 Å². The summed E-state index contributed by atoms with van der Waals surface area (Å²) in [4.78, 5) is 4.27. The summed E-state index contributed by atoms with van der Waals surface area (Å²) in [6.45, 7) is 1.82. The fraction of sp³-hybridized carbons (Fsp3) is 0.100. The number of hydrogen-bond acceptors (Lipinski definition) is 4. The minimum Gasteiger partial charge on any atom is -0.314 e. The molecule has 84 valence electrons. The Morgan fingerprint density at radius 3 is 2.88 bits per heavy atom. The molecule has 3 nitrogen and oxygen atoms in total. The molecule has 3 N–H and O–H groups in total. The van der Waals surface area contributed by atoms with E-state index in [4.69, 9.17) is 5.84 Å². The van der Waals surface area contributed by atoms with Crippen LogP contribution in [0.4, 0.5) is 9.39 Å². The minimum absolute atomic E-state index is 0.291. The van der Waals surface area contributed by atoms with Gasteiger partial charge in [0.2, 0.25) is 0 Å². The molecule has 0 unspecified atom stereocenters. The summed E-state index contributed by atoms with van der Waals surface area (Å²) in [6, 6.07) is 4.76. The van der Waals surface area contributed by atoms with Crippen molar-refractivity contribution >= 4 is 32.3 Å². The number of thiazole rings is 1. The van der Waals surface area contributed by atoms with Crippen molar-refractivity contribution in [3.05, 3.63) is 34.2 Å². The van der Waals surface area contributed by atoms with E-state index in [2.05, 4.69) is 26.3 Å². The molecule has 6 heteroatoms. The van der Waals surface area contributed by atoms with E-state index in [1.54, 1.807) is 12.1 Å². The smallest absolute Gasteiger partial charge is 0.133 e. The van der Waals surface area contributed by atoms with Crippen LogP contribution < -0.4 is 11.3 Å². The molecule has 0 atom stereocenters. The molecule has 1 aromatic heterocycles. The van der Waals surface area contributed by atoms with Gasteiger partial charge in [0.05, 0.1) is 5.69 Å². The summed E-state index contributed by atoms with van der Waals surface area (Å²) < 4.78 is 14.4. The van der Waals surface area contributed by atoms with Crippen molar-refractivity contribution in [1.82, 2.24) is 4.98 Å². The van der Waals surface area contributed by atoms with E-state index in [-0.39, 0.29) is 5.82 Å². The first-order chi connectivity index (χ1) is 7.61. The summed E-state index contributed by atoms with van der Waals surface area (Å²) in [5.41, 5.74) is 3.78. The Morgan fingerprint density at radius 1 is 1.50 bits per heavy atom. The van der Waals surface area contributed by atoms with Crippen molar-refractivity contribution in [3.8, 4) is 10.6 Å². The largest absolute Gasteiger partial charge is 0.314 e. The van der Waals surface area contributed by atoms with Gasteiger partial charge in [0, 0.05) is 10.0 Å². The van der Waals surface area contributed by atoms with Crippen LogP contribution in [0.1, 0.15) is 5.69 Å². The molecule has 0 aliphatic carbocycles. The Labute approximate surface area is 105 Å². The average Bonchev–Trinajstić information content (AvgIpc) is 2.63. The first kappa shape index (κ1) is 11.5.